The summed E-state index contributed by atoms with van der Waals surface area (Å²) in [7, 11) is 1.48. The highest BCUT2D eigenvalue weighted by Gasteiger charge is 2.31. The number of anilines is 2. The molecule has 100 valence electrons. The molecule has 0 saturated carbocycles. The number of nitro groups is 1. The first-order valence-electron chi connectivity index (χ1n) is 5.27. The van der Waals surface area contributed by atoms with E-state index in [-0.39, 0.29) is 30.4 Å². The van der Waals surface area contributed by atoms with Gasteiger partial charge in [-0.25, -0.2) is 9.97 Å². The van der Waals surface area contributed by atoms with Crippen LogP contribution < -0.4 is 15.5 Å². The Morgan fingerprint density at radius 1 is 1.37 bits per heavy atom. The summed E-state index contributed by atoms with van der Waals surface area (Å²) in [6.45, 7) is -0.348. The van der Waals surface area contributed by atoms with Crippen molar-refractivity contribution in [2.75, 3.05) is 30.4 Å². The Labute approximate surface area is 107 Å². The van der Waals surface area contributed by atoms with Crippen molar-refractivity contribution in [2.45, 2.75) is 0 Å². The van der Waals surface area contributed by atoms with Crippen LogP contribution in [0.3, 0.4) is 0 Å². The number of hydrogen-bond acceptors (Lipinski definition) is 8. The molecule has 19 heavy (non-hydrogen) atoms. The largest absolute Gasteiger partial charge is 0.367 e. The zero-order valence-electron chi connectivity index (χ0n) is 9.91. The van der Waals surface area contributed by atoms with Crippen LogP contribution in [-0.4, -0.2) is 46.8 Å². The predicted octanol–water partition coefficient (Wildman–Crippen LogP) is -1.11. The summed E-state index contributed by atoms with van der Waals surface area (Å²) < 4.78 is 0. The average molecular weight is 266 g/mol. The van der Waals surface area contributed by atoms with E-state index < -0.39 is 16.7 Å². The van der Waals surface area contributed by atoms with Crippen LogP contribution in [0, 0.1) is 10.1 Å². The lowest BCUT2D eigenvalue weighted by molar-refractivity contribution is -0.383. The molecule has 0 aromatic carbocycles. The fourth-order valence-corrected chi connectivity index (χ4v) is 1.74. The number of carbonyl (C=O) groups excluding carboxylic acids is 2. The van der Waals surface area contributed by atoms with E-state index in [1.54, 1.807) is 0 Å². The van der Waals surface area contributed by atoms with Crippen LogP contribution >= 0.6 is 0 Å². The Hall–Kier alpha value is -2.78. The highest BCUT2D eigenvalue weighted by Crippen LogP contribution is 2.31. The molecule has 2 rings (SSSR count). The van der Waals surface area contributed by atoms with Crippen LogP contribution in [0.25, 0.3) is 0 Å². The van der Waals surface area contributed by atoms with Gasteiger partial charge in [-0.3, -0.25) is 25.0 Å². The van der Waals surface area contributed by atoms with E-state index in [1.165, 1.54) is 11.9 Å². The highest BCUT2D eigenvalue weighted by atomic mass is 16.6. The van der Waals surface area contributed by atoms with Gasteiger partial charge in [-0.05, 0) is 0 Å². The molecule has 0 radical (unpaired) electrons. The molecule has 1 fully saturated rings. The lowest BCUT2D eigenvalue weighted by atomic mass is 10.3. The van der Waals surface area contributed by atoms with E-state index >= 15 is 0 Å². The second-order valence-electron chi connectivity index (χ2n) is 3.73. The Bertz CT molecular complexity index is 544. The number of rotatable bonds is 3. The minimum absolute atomic E-state index is 0.0217. The average Bonchev–Trinajstić information content (AvgIpc) is 2.36. The van der Waals surface area contributed by atoms with Gasteiger partial charge in [0.15, 0.2) is 0 Å². The third-order valence-corrected chi connectivity index (χ3v) is 2.47. The van der Waals surface area contributed by atoms with E-state index in [0.29, 0.717) is 0 Å². The maximum absolute atomic E-state index is 11.3. The fraction of sp³-hybridized carbons (Fsp3) is 0.333. The summed E-state index contributed by atoms with van der Waals surface area (Å²) >= 11 is 0. The van der Waals surface area contributed by atoms with Gasteiger partial charge in [-0.2, -0.15) is 0 Å². The lowest BCUT2D eigenvalue weighted by Gasteiger charge is -2.25. The summed E-state index contributed by atoms with van der Waals surface area (Å²) in [6.07, 6.45) is 1.13. The normalized spacial score (nSPS) is 15.1. The fourth-order valence-electron chi connectivity index (χ4n) is 1.74. The Morgan fingerprint density at radius 2 is 2.00 bits per heavy atom. The summed E-state index contributed by atoms with van der Waals surface area (Å²) in [5.41, 5.74) is -0.368. The zero-order chi connectivity index (χ0) is 14.0. The van der Waals surface area contributed by atoms with Crippen molar-refractivity contribution < 1.29 is 14.5 Å². The Morgan fingerprint density at radius 3 is 2.53 bits per heavy atom. The SMILES string of the molecule is CNc1ncnc(N2CC(=O)NC(=O)C2)c1[N+](=O)[O-]. The number of amides is 2. The van der Waals surface area contributed by atoms with Crippen LogP contribution in [0.4, 0.5) is 17.3 Å². The molecule has 0 aliphatic carbocycles. The molecular formula is C9H10N6O4. The number of hydrogen-bond donors (Lipinski definition) is 2. The molecule has 0 unspecified atom stereocenters. The van der Waals surface area contributed by atoms with Crippen LogP contribution in [0.15, 0.2) is 6.33 Å². The van der Waals surface area contributed by atoms with Crippen molar-refractivity contribution in [2.24, 2.45) is 0 Å². The molecule has 1 aliphatic heterocycles. The molecule has 0 bridgehead atoms. The maximum atomic E-state index is 11.3. The topological polar surface area (TPSA) is 130 Å². The van der Waals surface area contributed by atoms with Crippen LogP contribution in [0.5, 0.6) is 0 Å². The van der Waals surface area contributed by atoms with Crippen molar-refractivity contribution in [3.63, 3.8) is 0 Å². The smallest absolute Gasteiger partial charge is 0.353 e. The summed E-state index contributed by atoms with van der Waals surface area (Å²) in [4.78, 5) is 41.8. The molecule has 1 aromatic rings. The van der Waals surface area contributed by atoms with Crippen LogP contribution in [0.2, 0.25) is 0 Å². The van der Waals surface area contributed by atoms with Gasteiger partial charge in [0.25, 0.3) is 0 Å². The highest BCUT2D eigenvalue weighted by molar-refractivity contribution is 6.03. The minimum Gasteiger partial charge on any atom is -0.367 e. The van der Waals surface area contributed by atoms with E-state index in [2.05, 4.69) is 20.6 Å². The molecule has 1 saturated heterocycles. The molecule has 0 spiro atoms. The number of aromatic nitrogens is 2. The second-order valence-corrected chi connectivity index (χ2v) is 3.73. The van der Waals surface area contributed by atoms with Gasteiger partial charge in [0, 0.05) is 7.05 Å². The van der Waals surface area contributed by atoms with Crippen LogP contribution in [-0.2, 0) is 9.59 Å². The van der Waals surface area contributed by atoms with E-state index in [0.717, 1.165) is 6.33 Å². The molecule has 2 N–H and O–H groups in total. The molecule has 2 amide bonds. The van der Waals surface area contributed by atoms with Crippen molar-refractivity contribution in [1.82, 2.24) is 15.3 Å². The van der Waals surface area contributed by atoms with E-state index in [9.17, 15) is 19.7 Å². The first-order valence-corrected chi connectivity index (χ1v) is 5.27. The van der Waals surface area contributed by atoms with Crippen molar-refractivity contribution in [3.05, 3.63) is 16.4 Å². The van der Waals surface area contributed by atoms with Gasteiger partial charge in [-0.15, -0.1) is 0 Å². The minimum atomic E-state index is -0.655. The number of imide groups is 1. The Kier molecular flexibility index (Phi) is 3.23. The van der Waals surface area contributed by atoms with Gasteiger partial charge < -0.3 is 10.2 Å². The first-order chi connectivity index (χ1) is 9.02. The van der Waals surface area contributed by atoms with Crippen LogP contribution in [0.1, 0.15) is 0 Å². The molecule has 0 atom stereocenters. The Balaban J connectivity index is 2.46. The first kappa shape index (κ1) is 12.7. The summed E-state index contributed by atoms with van der Waals surface area (Å²) in [5.74, 6) is -1.11. The van der Waals surface area contributed by atoms with Gasteiger partial charge in [0.05, 0.1) is 18.0 Å². The third-order valence-electron chi connectivity index (χ3n) is 2.47. The third kappa shape index (κ3) is 2.41. The summed E-state index contributed by atoms with van der Waals surface area (Å²) in [6, 6.07) is 0. The predicted molar refractivity (Wildman–Crippen MR) is 63.6 cm³/mol. The van der Waals surface area contributed by atoms with Gasteiger partial charge in [0.1, 0.15) is 6.33 Å². The van der Waals surface area contributed by atoms with Gasteiger partial charge in [-0.1, -0.05) is 0 Å². The van der Waals surface area contributed by atoms with Crippen molar-refractivity contribution in [1.29, 1.82) is 0 Å². The molecule has 2 heterocycles. The quantitative estimate of drug-likeness (QED) is 0.400. The molecule has 1 aliphatic rings. The monoisotopic (exact) mass is 266 g/mol. The molecule has 10 nitrogen and oxygen atoms in total. The number of nitrogens with zero attached hydrogens (tertiary/aromatic N) is 4. The number of piperazine rings is 1. The molecular weight excluding hydrogens is 256 g/mol. The van der Waals surface area contributed by atoms with E-state index in [1.807, 2.05) is 0 Å². The number of nitrogens with one attached hydrogen (secondary N) is 2. The summed E-state index contributed by atoms with van der Waals surface area (Å²) in [5, 5.41) is 15.8. The molecule has 1 aromatic heterocycles. The maximum Gasteiger partial charge on any atom is 0.353 e. The second kappa shape index (κ2) is 4.84. The zero-order valence-corrected chi connectivity index (χ0v) is 9.91. The molecule has 10 heteroatoms. The van der Waals surface area contributed by atoms with Gasteiger partial charge in [0.2, 0.25) is 23.5 Å². The van der Waals surface area contributed by atoms with E-state index in [4.69, 9.17) is 0 Å². The number of carbonyl (C=O) groups is 2. The lowest BCUT2D eigenvalue weighted by Crippen LogP contribution is -2.51. The standard InChI is InChI=1S/C9H10N6O4/c1-10-8-7(15(18)19)9(12-4-11-8)14-2-5(16)13-6(17)3-14/h4H,2-3H2,1H3,(H,10,11,12)(H,13,16,17). The van der Waals surface area contributed by atoms with Crippen molar-refractivity contribution in [3.8, 4) is 0 Å². The van der Waals surface area contributed by atoms with Crippen molar-refractivity contribution >= 4 is 29.1 Å². The van der Waals surface area contributed by atoms with Gasteiger partial charge >= 0.3 is 5.69 Å².